The van der Waals surface area contributed by atoms with Crippen LogP contribution in [0.25, 0.3) is 0 Å². The van der Waals surface area contributed by atoms with Crippen molar-refractivity contribution in [2.75, 3.05) is 39.5 Å². The molecule has 4 nitrogen and oxygen atoms in total. The third kappa shape index (κ3) is 6.14. The molecule has 0 aromatic rings. The molecule has 1 atom stereocenters. The van der Waals surface area contributed by atoms with Crippen molar-refractivity contribution in [3.8, 4) is 0 Å². The summed E-state index contributed by atoms with van der Waals surface area (Å²) >= 11 is 0. The van der Waals surface area contributed by atoms with Crippen molar-refractivity contribution in [1.29, 1.82) is 0 Å². The van der Waals surface area contributed by atoms with E-state index < -0.39 is 0 Å². The summed E-state index contributed by atoms with van der Waals surface area (Å²) < 4.78 is 11.1. The largest absolute Gasteiger partial charge is 0.396 e. The van der Waals surface area contributed by atoms with Gasteiger partial charge in [0.1, 0.15) is 0 Å². The summed E-state index contributed by atoms with van der Waals surface area (Å²) in [7, 11) is 0. The highest BCUT2D eigenvalue weighted by Gasteiger charge is 2.20. The molecule has 0 aromatic carbocycles. The molecule has 1 aliphatic rings. The second-order valence-electron chi connectivity index (χ2n) is 4.95. The second kappa shape index (κ2) is 9.73. The Hall–Kier alpha value is -0.160. The fraction of sp³-hybridized carbons (Fsp3) is 1.00. The normalized spacial score (nSPS) is 21.7. The zero-order valence-corrected chi connectivity index (χ0v) is 11.9. The third-order valence-corrected chi connectivity index (χ3v) is 3.53. The molecular formula is C14H29NO3. The lowest BCUT2D eigenvalue weighted by Gasteiger charge is -2.33. The molecule has 18 heavy (non-hydrogen) atoms. The van der Waals surface area contributed by atoms with E-state index in [-0.39, 0.29) is 6.29 Å². The predicted molar refractivity (Wildman–Crippen MR) is 72.5 cm³/mol. The number of aliphatic hydroxyl groups excluding tert-OH is 1. The first-order valence-corrected chi connectivity index (χ1v) is 7.36. The second-order valence-corrected chi connectivity index (χ2v) is 4.95. The van der Waals surface area contributed by atoms with Crippen molar-refractivity contribution in [3.63, 3.8) is 0 Å². The van der Waals surface area contributed by atoms with Crippen LogP contribution in [-0.2, 0) is 9.47 Å². The third-order valence-electron chi connectivity index (χ3n) is 3.53. The van der Waals surface area contributed by atoms with Crippen molar-refractivity contribution >= 4 is 0 Å². The van der Waals surface area contributed by atoms with Gasteiger partial charge in [0.25, 0.3) is 0 Å². The Bertz CT molecular complexity index is 193. The van der Waals surface area contributed by atoms with Crippen LogP contribution in [0.3, 0.4) is 0 Å². The maximum atomic E-state index is 9.00. The Labute approximate surface area is 111 Å². The van der Waals surface area contributed by atoms with Crippen molar-refractivity contribution in [2.45, 2.75) is 45.8 Å². The fourth-order valence-electron chi connectivity index (χ4n) is 2.65. The van der Waals surface area contributed by atoms with Crippen LogP contribution in [-0.4, -0.2) is 55.8 Å². The van der Waals surface area contributed by atoms with E-state index in [1.165, 1.54) is 19.4 Å². The molecule has 1 heterocycles. The maximum absolute atomic E-state index is 9.00. The van der Waals surface area contributed by atoms with Crippen LogP contribution in [0, 0.1) is 5.92 Å². The number of aliphatic hydroxyl groups is 1. The van der Waals surface area contributed by atoms with Gasteiger partial charge in [0.2, 0.25) is 0 Å². The number of nitrogens with zero attached hydrogens (tertiary/aromatic N) is 1. The van der Waals surface area contributed by atoms with Gasteiger partial charge >= 0.3 is 0 Å². The van der Waals surface area contributed by atoms with Crippen LogP contribution < -0.4 is 0 Å². The molecule has 1 unspecified atom stereocenters. The first-order valence-electron chi connectivity index (χ1n) is 7.36. The topological polar surface area (TPSA) is 41.9 Å². The lowest BCUT2D eigenvalue weighted by molar-refractivity contribution is -0.142. The van der Waals surface area contributed by atoms with E-state index in [0.29, 0.717) is 25.7 Å². The highest BCUT2D eigenvalue weighted by atomic mass is 16.7. The van der Waals surface area contributed by atoms with Gasteiger partial charge in [-0.3, -0.25) is 0 Å². The van der Waals surface area contributed by atoms with E-state index in [2.05, 4.69) is 4.90 Å². The van der Waals surface area contributed by atoms with Gasteiger partial charge in [0.05, 0.1) is 0 Å². The summed E-state index contributed by atoms with van der Waals surface area (Å²) in [6.07, 6.45) is 4.33. The Balaban J connectivity index is 2.23. The van der Waals surface area contributed by atoms with E-state index in [1.807, 2.05) is 13.8 Å². The summed E-state index contributed by atoms with van der Waals surface area (Å²) in [4.78, 5) is 2.48. The molecule has 4 heteroatoms. The van der Waals surface area contributed by atoms with E-state index >= 15 is 0 Å². The molecule has 1 rings (SSSR count). The summed E-state index contributed by atoms with van der Waals surface area (Å²) in [5.74, 6) is 0.668. The zero-order chi connectivity index (χ0) is 13.2. The molecule has 108 valence electrons. The Kier molecular flexibility index (Phi) is 8.59. The van der Waals surface area contributed by atoms with Crippen LogP contribution >= 0.6 is 0 Å². The Morgan fingerprint density at radius 1 is 1.28 bits per heavy atom. The van der Waals surface area contributed by atoms with Gasteiger partial charge in [-0.1, -0.05) is 0 Å². The number of hydrogen-bond acceptors (Lipinski definition) is 4. The molecule has 0 aliphatic carbocycles. The van der Waals surface area contributed by atoms with Gasteiger partial charge in [-0.25, -0.2) is 0 Å². The number of piperidine rings is 1. The minimum absolute atomic E-state index is 0.0572. The van der Waals surface area contributed by atoms with Crippen LogP contribution in [0.4, 0.5) is 0 Å². The average Bonchev–Trinajstić information content (AvgIpc) is 2.37. The summed E-state index contributed by atoms with van der Waals surface area (Å²) in [6.45, 7) is 9.06. The quantitative estimate of drug-likeness (QED) is 0.642. The average molecular weight is 259 g/mol. The van der Waals surface area contributed by atoms with Gasteiger partial charge in [0.15, 0.2) is 6.29 Å². The minimum atomic E-state index is -0.0572. The summed E-state index contributed by atoms with van der Waals surface area (Å²) in [6, 6.07) is 0. The van der Waals surface area contributed by atoms with Crippen LogP contribution in [0.5, 0.6) is 0 Å². The molecule has 1 aliphatic heterocycles. The molecular weight excluding hydrogens is 230 g/mol. The number of rotatable bonds is 9. The lowest BCUT2D eigenvalue weighted by Crippen LogP contribution is -2.38. The standard InChI is InChI=1S/C14H29NO3/c1-3-17-14(18-4-2)7-10-15-9-5-6-13(12-15)8-11-16/h13-14,16H,3-12H2,1-2H3. The van der Waals surface area contributed by atoms with Gasteiger partial charge < -0.3 is 19.5 Å². The van der Waals surface area contributed by atoms with E-state index in [9.17, 15) is 0 Å². The molecule has 0 spiro atoms. The lowest BCUT2D eigenvalue weighted by atomic mass is 9.95. The SMILES string of the molecule is CCOC(CCN1CCCC(CCO)C1)OCC. The Morgan fingerprint density at radius 2 is 2.00 bits per heavy atom. The van der Waals surface area contributed by atoms with Gasteiger partial charge in [-0.05, 0) is 45.6 Å². The number of hydrogen-bond donors (Lipinski definition) is 1. The van der Waals surface area contributed by atoms with Crippen LogP contribution in [0.1, 0.15) is 39.5 Å². The van der Waals surface area contributed by atoms with Crippen LogP contribution in [0.15, 0.2) is 0 Å². The predicted octanol–water partition coefficient (Wildman–Crippen LogP) is 1.87. The number of likely N-dealkylation sites (tertiary alicyclic amines) is 1. The monoisotopic (exact) mass is 259 g/mol. The molecule has 1 fully saturated rings. The van der Waals surface area contributed by atoms with Crippen molar-refractivity contribution in [2.24, 2.45) is 5.92 Å². The molecule has 0 saturated carbocycles. The molecule has 1 saturated heterocycles. The van der Waals surface area contributed by atoms with Crippen molar-refractivity contribution in [1.82, 2.24) is 4.90 Å². The minimum Gasteiger partial charge on any atom is -0.396 e. The first kappa shape index (κ1) is 15.9. The maximum Gasteiger partial charge on any atom is 0.158 e. The molecule has 0 bridgehead atoms. The molecule has 0 amide bonds. The number of ether oxygens (including phenoxy) is 2. The van der Waals surface area contributed by atoms with E-state index in [4.69, 9.17) is 14.6 Å². The summed E-state index contributed by atoms with van der Waals surface area (Å²) in [5, 5.41) is 9.00. The highest BCUT2D eigenvalue weighted by molar-refractivity contribution is 4.73. The van der Waals surface area contributed by atoms with E-state index in [0.717, 1.165) is 25.9 Å². The first-order chi connectivity index (χ1) is 8.80. The summed E-state index contributed by atoms with van der Waals surface area (Å²) in [5.41, 5.74) is 0. The molecule has 0 aromatic heterocycles. The smallest absolute Gasteiger partial charge is 0.158 e. The van der Waals surface area contributed by atoms with Gasteiger partial charge in [-0.15, -0.1) is 0 Å². The van der Waals surface area contributed by atoms with Gasteiger partial charge in [0, 0.05) is 39.3 Å². The van der Waals surface area contributed by atoms with Crippen molar-refractivity contribution in [3.05, 3.63) is 0 Å². The van der Waals surface area contributed by atoms with E-state index in [1.54, 1.807) is 0 Å². The molecule has 0 radical (unpaired) electrons. The zero-order valence-electron chi connectivity index (χ0n) is 11.9. The molecule has 1 N–H and O–H groups in total. The van der Waals surface area contributed by atoms with Gasteiger partial charge in [-0.2, -0.15) is 0 Å². The fourth-order valence-corrected chi connectivity index (χ4v) is 2.65. The van der Waals surface area contributed by atoms with Crippen molar-refractivity contribution < 1.29 is 14.6 Å². The Morgan fingerprint density at radius 3 is 2.61 bits per heavy atom. The highest BCUT2D eigenvalue weighted by Crippen LogP contribution is 2.19. The van der Waals surface area contributed by atoms with Crippen LogP contribution in [0.2, 0.25) is 0 Å².